The van der Waals surface area contributed by atoms with Crippen LogP contribution in [0.15, 0.2) is 42.5 Å². The molecule has 4 heteroatoms. The predicted molar refractivity (Wildman–Crippen MR) is 69.4 cm³/mol. The van der Waals surface area contributed by atoms with Crippen molar-refractivity contribution in [3.05, 3.63) is 53.3 Å². The smallest absolute Gasteiger partial charge is 0.127 e. The maximum absolute atomic E-state index is 13.5. The normalized spacial score (nSPS) is 10.4. The second kappa shape index (κ2) is 5.85. The maximum atomic E-state index is 13.5. The lowest BCUT2D eigenvalue weighted by molar-refractivity contribution is 0.201. The third-order valence-corrected chi connectivity index (χ3v) is 2.75. The van der Waals surface area contributed by atoms with Crippen molar-refractivity contribution in [3.8, 4) is 16.9 Å². The molecule has 0 aliphatic rings. The molecular weight excluding hydrogens is 255 g/mol. The summed E-state index contributed by atoms with van der Waals surface area (Å²) in [6, 6.07) is 11.6. The first-order chi connectivity index (χ1) is 8.70. The van der Waals surface area contributed by atoms with Gasteiger partial charge in [0.25, 0.3) is 0 Å². The third kappa shape index (κ3) is 3.00. The average molecular weight is 267 g/mol. The zero-order valence-corrected chi connectivity index (χ0v) is 10.3. The first kappa shape index (κ1) is 12.9. The molecule has 94 valence electrons. The van der Waals surface area contributed by atoms with Gasteiger partial charge < -0.3 is 9.84 Å². The Kier molecular flexibility index (Phi) is 4.18. The summed E-state index contributed by atoms with van der Waals surface area (Å²) >= 11 is 6.06. The van der Waals surface area contributed by atoms with E-state index in [2.05, 4.69) is 0 Å². The third-order valence-electron chi connectivity index (χ3n) is 2.42. The van der Waals surface area contributed by atoms with Gasteiger partial charge in [-0.1, -0.05) is 29.8 Å². The van der Waals surface area contributed by atoms with Crippen molar-refractivity contribution in [3.63, 3.8) is 0 Å². The molecule has 2 aromatic carbocycles. The molecule has 0 saturated carbocycles. The number of benzene rings is 2. The molecule has 0 atom stereocenters. The summed E-state index contributed by atoms with van der Waals surface area (Å²) in [4.78, 5) is 0. The Morgan fingerprint density at radius 3 is 2.67 bits per heavy atom. The van der Waals surface area contributed by atoms with E-state index in [1.165, 1.54) is 12.1 Å². The van der Waals surface area contributed by atoms with Crippen LogP contribution >= 0.6 is 11.6 Å². The highest BCUT2D eigenvalue weighted by atomic mass is 35.5. The number of aliphatic hydroxyl groups is 1. The van der Waals surface area contributed by atoms with Gasteiger partial charge in [0.15, 0.2) is 0 Å². The Hall–Kier alpha value is -1.58. The lowest BCUT2D eigenvalue weighted by Crippen LogP contribution is -2.02. The maximum Gasteiger partial charge on any atom is 0.127 e. The van der Waals surface area contributed by atoms with Gasteiger partial charge in [-0.25, -0.2) is 4.39 Å². The van der Waals surface area contributed by atoms with Gasteiger partial charge in [0.1, 0.15) is 18.2 Å². The minimum absolute atomic E-state index is 0.113. The number of ether oxygens (including phenoxy) is 1. The van der Waals surface area contributed by atoms with Gasteiger partial charge in [0.2, 0.25) is 0 Å². The predicted octanol–water partition coefficient (Wildman–Crippen LogP) is 3.52. The Balaban J connectivity index is 2.39. The van der Waals surface area contributed by atoms with Crippen molar-refractivity contribution in [2.24, 2.45) is 0 Å². The molecule has 0 radical (unpaired) electrons. The summed E-state index contributed by atoms with van der Waals surface area (Å²) in [6.45, 7) is 0.0172. The molecule has 2 aromatic rings. The highest BCUT2D eigenvalue weighted by Gasteiger charge is 2.07. The van der Waals surface area contributed by atoms with Crippen LogP contribution in [0.4, 0.5) is 4.39 Å². The fourth-order valence-electron chi connectivity index (χ4n) is 1.66. The van der Waals surface area contributed by atoms with E-state index in [9.17, 15) is 4.39 Å². The quantitative estimate of drug-likeness (QED) is 0.918. The van der Waals surface area contributed by atoms with E-state index in [0.717, 1.165) is 5.56 Å². The van der Waals surface area contributed by atoms with Crippen molar-refractivity contribution in [1.29, 1.82) is 0 Å². The minimum atomic E-state index is -0.402. The van der Waals surface area contributed by atoms with Crippen LogP contribution in [0.5, 0.6) is 5.75 Å². The standard InChI is InChI=1S/C14H12ClFO2/c15-14-4-2-1-3-13(14)10-7-11(16)9-12(8-10)18-6-5-17/h1-4,7-9,17H,5-6H2. The highest BCUT2D eigenvalue weighted by Crippen LogP contribution is 2.30. The van der Waals surface area contributed by atoms with Gasteiger partial charge >= 0.3 is 0 Å². The van der Waals surface area contributed by atoms with Crippen LogP contribution in [0.3, 0.4) is 0 Å². The Labute approximate surface area is 110 Å². The van der Waals surface area contributed by atoms with Crippen LogP contribution in [0.25, 0.3) is 11.1 Å². The van der Waals surface area contributed by atoms with Crippen LogP contribution in [0, 0.1) is 5.82 Å². The van der Waals surface area contributed by atoms with Gasteiger partial charge in [0.05, 0.1) is 6.61 Å². The van der Waals surface area contributed by atoms with Gasteiger partial charge in [-0.05, 0) is 23.8 Å². The topological polar surface area (TPSA) is 29.5 Å². The fraction of sp³-hybridized carbons (Fsp3) is 0.143. The molecule has 0 unspecified atom stereocenters. The lowest BCUT2D eigenvalue weighted by Gasteiger charge is -2.09. The van der Waals surface area contributed by atoms with Crippen LogP contribution in [0.1, 0.15) is 0 Å². The summed E-state index contributed by atoms with van der Waals surface area (Å²) in [5, 5.41) is 9.24. The fourth-order valence-corrected chi connectivity index (χ4v) is 1.91. The SMILES string of the molecule is OCCOc1cc(F)cc(-c2ccccc2Cl)c1. The average Bonchev–Trinajstić information content (AvgIpc) is 2.36. The van der Waals surface area contributed by atoms with E-state index < -0.39 is 5.82 Å². The van der Waals surface area contributed by atoms with Gasteiger partial charge in [-0.15, -0.1) is 0 Å². The molecule has 0 heterocycles. The van der Waals surface area contributed by atoms with Crippen LogP contribution in [-0.4, -0.2) is 18.3 Å². The summed E-state index contributed by atoms with van der Waals surface area (Å²) in [6.07, 6.45) is 0. The van der Waals surface area contributed by atoms with Crippen molar-refractivity contribution in [2.75, 3.05) is 13.2 Å². The molecule has 0 bridgehead atoms. The molecule has 0 fully saturated rings. The van der Waals surface area contributed by atoms with Crippen LogP contribution < -0.4 is 4.74 Å². The van der Waals surface area contributed by atoms with Gasteiger partial charge in [0, 0.05) is 16.7 Å². The summed E-state index contributed by atoms with van der Waals surface area (Å²) < 4.78 is 18.7. The first-order valence-corrected chi connectivity index (χ1v) is 5.87. The number of hydrogen-bond acceptors (Lipinski definition) is 2. The number of aliphatic hydroxyl groups excluding tert-OH is 1. The first-order valence-electron chi connectivity index (χ1n) is 5.50. The van der Waals surface area contributed by atoms with Gasteiger partial charge in [-0.3, -0.25) is 0 Å². The number of rotatable bonds is 4. The van der Waals surface area contributed by atoms with Crippen molar-refractivity contribution >= 4 is 11.6 Å². The van der Waals surface area contributed by atoms with E-state index in [1.807, 2.05) is 18.2 Å². The van der Waals surface area contributed by atoms with Crippen LogP contribution in [-0.2, 0) is 0 Å². The Morgan fingerprint density at radius 1 is 1.17 bits per heavy atom. The molecule has 0 aliphatic heterocycles. The summed E-state index contributed by atoms with van der Waals surface area (Å²) in [5.41, 5.74) is 1.39. The van der Waals surface area contributed by atoms with Crippen molar-refractivity contribution in [2.45, 2.75) is 0 Å². The monoisotopic (exact) mass is 266 g/mol. The molecule has 0 aliphatic carbocycles. The summed E-state index contributed by atoms with van der Waals surface area (Å²) in [7, 11) is 0. The number of hydrogen-bond donors (Lipinski definition) is 1. The lowest BCUT2D eigenvalue weighted by atomic mass is 10.1. The molecule has 0 amide bonds. The zero-order valence-electron chi connectivity index (χ0n) is 9.57. The second-order valence-electron chi connectivity index (χ2n) is 3.73. The van der Waals surface area contributed by atoms with Crippen LogP contribution in [0.2, 0.25) is 5.02 Å². The highest BCUT2D eigenvalue weighted by molar-refractivity contribution is 6.33. The Morgan fingerprint density at radius 2 is 1.94 bits per heavy atom. The molecule has 0 saturated heterocycles. The van der Waals surface area contributed by atoms with E-state index in [4.69, 9.17) is 21.4 Å². The largest absolute Gasteiger partial charge is 0.491 e. The molecule has 0 aromatic heterocycles. The zero-order chi connectivity index (χ0) is 13.0. The van der Waals surface area contributed by atoms with Gasteiger partial charge in [-0.2, -0.15) is 0 Å². The minimum Gasteiger partial charge on any atom is -0.491 e. The number of halogens is 2. The van der Waals surface area contributed by atoms with Crippen molar-refractivity contribution < 1.29 is 14.2 Å². The Bertz CT molecular complexity index is 543. The molecule has 1 N–H and O–H groups in total. The molecule has 18 heavy (non-hydrogen) atoms. The van der Waals surface area contributed by atoms with Crippen molar-refractivity contribution in [1.82, 2.24) is 0 Å². The van der Waals surface area contributed by atoms with E-state index in [1.54, 1.807) is 12.1 Å². The second-order valence-corrected chi connectivity index (χ2v) is 4.13. The molecular formula is C14H12ClFO2. The molecule has 2 rings (SSSR count). The van der Waals surface area contributed by atoms with E-state index in [0.29, 0.717) is 16.3 Å². The molecule has 0 spiro atoms. The molecule has 2 nitrogen and oxygen atoms in total. The van der Waals surface area contributed by atoms with E-state index >= 15 is 0 Å². The van der Waals surface area contributed by atoms with E-state index in [-0.39, 0.29) is 13.2 Å². The summed E-state index contributed by atoms with van der Waals surface area (Å²) in [5.74, 6) is -0.0284.